The molecule has 0 saturated carbocycles. The quantitative estimate of drug-likeness (QED) is 0.340. The molecule has 0 saturated heterocycles. The standard InChI is InChI=1S/C28H27N5O3/c1-19-7-11-22(12-8-19)26-24(18-33(32-26)17-21-5-3-2-4-6-21)28(36)30-15-20-9-13-23(14-10-20)27(35)31-16-25(29)34/h2-14,18H,15-17H2,1H3,(H2,29,34)(H,30,36)(H,31,35). The highest BCUT2D eigenvalue weighted by Crippen LogP contribution is 2.23. The molecule has 0 radical (unpaired) electrons. The minimum atomic E-state index is -0.611. The van der Waals surface area contributed by atoms with E-state index in [1.54, 1.807) is 35.1 Å². The Labute approximate surface area is 209 Å². The molecule has 0 atom stereocenters. The number of amides is 3. The van der Waals surface area contributed by atoms with Crippen molar-refractivity contribution in [1.29, 1.82) is 0 Å². The van der Waals surface area contributed by atoms with Crippen molar-refractivity contribution in [3.8, 4) is 11.3 Å². The maximum Gasteiger partial charge on any atom is 0.255 e. The maximum absolute atomic E-state index is 13.2. The van der Waals surface area contributed by atoms with Gasteiger partial charge in [-0.2, -0.15) is 5.10 Å². The molecule has 3 amide bonds. The van der Waals surface area contributed by atoms with Gasteiger partial charge in [0.2, 0.25) is 5.91 Å². The monoisotopic (exact) mass is 481 g/mol. The molecule has 4 rings (SSSR count). The number of aryl methyl sites for hydroxylation is 1. The zero-order valence-electron chi connectivity index (χ0n) is 19.9. The molecule has 0 fully saturated rings. The van der Waals surface area contributed by atoms with Gasteiger partial charge in [0.05, 0.1) is 18.7 Å². The van der Waals surface area contributed by atoms with Crippen LogP contribution in [0, 0.1) is 6.92 Å². The third-order valence-electron chi connectivity index (χ3n) is 5.61. The van der Waals surface area contributed by atoms with E-state index in [0.717, 1.165) is 22.3 Å². The summed E-state index contributed by atoms with van der Waals surface area (Å²) in [5.74, 6) is -1.24. The number of nitrogens with two attached hydrogens (primary N) is 1. The van der Waals surface area contributed by atoms with Gasteiger partial charge in [-0.25, -0.2) is 0 Å². The van der Waals surface area contributed by atoms with Gasteiger partial charge in [0.25, 0.3) is 11.8 Å². The van der Waals surface area contributed by atoms with Gasteiger partial charge in [-0.05, 0) is 30.2 Å². The van der Waals surface area contributed by atoms with E-state index in [1.807, 2.05) is 61.5 Å². The van der Waals surface area contributed by atoms with Crippen LogP contribution in [0.3, 0.4) is 0 Å². The molecule has 36 heavy (non-hydrogen) atoms. The Bertz CT molecular complexity index is 1360. The normalized spacial score (nSPS) is 10.6. The van der Waals surface area contributed by atoms with E-state index in [-0.39, 0.29) is 19.0 Å². The summed E-state index contributed by atoms with van der Waals surface area (Å²) in [5.41, 5.74) is 10.4. The van der Waals surface area contributed by atoms with Gasteiger partial charge in [-0.15, -0.1) is 0 Å². The third-order valence-corrected chi connectivity index (χ3v) is 5.61. The van der Waals surface area contributed by atoms with Crippen molar-refractivity contribution in [1.82, 2.24) is 20.4 Å². The van der Waals surface area contributed by atoms with Crippen molar-refractivity contribution in [3.63, 3.8) is 0 Å². The van der Waals surface area contributed by atoms with Crippen molar-refractivity contribution in [2.75, 3.05) is 6.54 Å². The molecule has 0 aliphatic heterocycles. The molecule has 1 heterocycles. The molecule has 8 nitrogen and oxygen atoms in total. The summed E-state index contributed by atoms with van der Waals surface area (Å²) in [6.07, 6.45) is 1.77. The van der Waals surface area contributed by atoms with Crippen LogP contribution < -0.4 is 16.4 Å². The van der Waals surface area contributed by atoms with Crippen LogP contribution in [0.4, 0.5) is 0 Å². The molecule has 182 valence electrons. The average molecular weight is 482 g/mol. The van der Waals surface area contributed by atoms with E-state index in [0.29, 0.717) is 23.4 Å². The SMILES string of the molecule is Cc1ccc(-c2nn(Cc3ccccc3)cc2C(=O)NCc2ccc(C(=O)NCC(N)=O)cc2)cc1. The Hall–Kier alpha value is -4.72. The lowest BCUT2D eigenvalue weighted by Gasteiger charge is -2.07. The molecule has 8 heteroatoms. The van der Waals surface area contributed by atoms with E-state index in [4.69, 9.17) is 10.8 Å². The van der Waals surface area contributed by atoms with Crippen molar-refractivity contribution in [2.24, 2.45) is 5.73 Å². The number of hydrogen-bond donors (Lipinski definition) is 3. The van der Waals surface area contributed by atoms with Crippen LogP contribution in [-0.2, 0) is 17.9 Å². The first-order valence-corrected chi connectivity index (χ1v) is 11.5. The van der Waals surface area contributed by atoms with Gasteiger partial charge in [-0.3, -0.25) is 19.1 Å². The highest BCUT2D eigenvalue weighted by atomic mass is 16.2. The van der Waals surface area contributed by atoms with E-state index in [9.17, 15) is 14.4 Å². The molecule has 4 N–H and O–H groups in total. The first kappa shape index (κ1) is 24.4. The van der Waals surface area contributed by atoms with Gasteiger partial charge in [0.15, 0.2) is 0 Å². The van der Waals surface area contributed by atoms with E-state index in [1.165, 1.54) is 0 Å². The van der Waals surface area contributed by atoms with Crippen LogP contribution in [0.15, 0.2) is 85.1 Å². The zero-order valence-corrected chi connectivity index (χ0v) is 19.9. The van der Waals surface area contributed by atoms with Gasteiger partial charge in [-0.1, -0.05) is 72.3 Å². The van der Waals surface area contributed by atoms with Crippen LogP contribution in [-0.4, -0.2) is 34.0 Å². The first-order chi connectivity index (χ1) is 17.4. The van der Waals surface area contributed by atoms with E-state index < -0.39 is 11.8 Å². The number of rotatable bonds is 9. The van der Waals surface area contributed by atoms with Crippen molar-refractivity contribution < 1.29 is 14.4 Å². The molecule has 4 aromatic rings. The summed E-state index contributed by atoms with van der Waals surface area (Å²) in [5, 5.41) is 10.1. The summed E-state index contributed by atoms with van der Waals surface area (Å²) in [6, 6.07) is 24.6. The minimum Gasteiger partial charge on any atom is -0.368 e. The number of benzene rings is 3. The molecular weight excluding hydrogens is 454 g/mol. The Morgan fingerprint density at radius 3 is 2.19 bits per heavy atom. The zero-order chi connectivity index (χ0) is 25.5. The highest BCUT2D eigenvalue weighted by molar-refractivity contribution is 6.00. The Kier molecular flexibility index (Phi) is 7.55. The van der Waals surface area contributed by atoms with Gasteiger partial charge in [0, 0.05) is 23.9 Å². The molecule has 3 aromatic carbocycles. The second-order valence-corrected chi connectivity index (χ2v) is 8.47. The smallest absolute Gasteiger partial charge is 0.255 e. The molecule has 0 aliphatic carbocycles. The van der Waals surface area contributed by atoms with Crippen molar-refractivity contribution in [3.05, 3.63) is 113 Å². The number of carbonyl (C=O) groups is 3. The van der Waals surface area contributed by atoms with Crippen LogP contribution in [0.1, 0.15) is 37.4 Å². The van der Waals surface area contributed by atoms with Crippen LogP contribution in [0.25, 0.3) is 11.3 Å². The third kappa shape index (κ3) is 6.24. The summed E-state index contributed by atoms with van der Waals surface area (Å²) >= 11 is 0. The molecule has 0 spiro atoms. The summed E-state index contributed by atoms with van der Waals surface area (Å²) in [6.45, 7) is 2.61. The van der Waals surface area contributed by atoms with Crippen molar-refractivity contribution >= 4 is 17.7 Å². The molecule has 0 unspecified atom stereocenters. The summed E-state index contributed by atoms with van der Waals surface area (Å²) < 4.78 is 1.78. The fourth-order valence-electron chi connectivity index (χ4n) is 3.68. The molecule has 0 bridgehead atoms. The van der Waals surface area contributed by atoms with E-state index >= 15 is 0 Å². The van der Waals surface area contributed by atoms with Crippen LogP contribution in [0.5, 0.6) is 0 Å². The van der Waals surface area contributed by atoms with Gasteiger partial charge in [0.1, 0.15) is 5.69 Å². The second kappa shape index (κ2) is 11.1. The van der Waals surface area contributed by atoms with E-state index in [2.05, 4.69) is 10.6 Å². The number of primary amides is 1. The second-order valence-electron chi connectivity index (χ2n) is 8.47. The topological polar surface area (TPSA) is 119 Å². The summed E-state index contributed by atoms with van der Waals surface area (Å²) in [7, 11) is 0. The Morgan fingerprint density at radius 2 is 1.53 bits per heavy atom. The predicted molar refractivity (Wildman–Crippen MR) is 137 cm³/mol. The molecule has 0 aliphatic rings. The largest absolute Gasteiger partial charge is 0.368 e. The number of nitrogens with zero attached hydrogens (tertiary/aromatic N) is 2. The lowest BCUT2D eigenvalue weighted by Crippen LogP contribution is -2.33. The van der Waals surface area contributed by atoms with Crippen LogP contribution in [0.2, 0.25) is 0 Å². The van der Waals surface area contributed by atoms with Gasteiger partial charge >= 0.3 is 0 Å². The maximum atomic E-state index is 13.2. The minimum absolute atomic E-state index is 0.224. The number of carbonyl (C=O) groups excluding carboxylic acids is 3. The van der Waals surface area contributed by atoms with Gasteiger partial charge < -0.3 is 16.4 Å². The average Bonchev–Trinajstić information content (AvgIpc) is 3.31. The van der Waals surface area contributed by atoms with Crippen molar-refractivity contribution in [2.45, 2.75) is 20.0 Å². The number of hydrogen-bond acceptors (Lipinski definition) is 4. The number of aromatic nitrogens is 2. The molecular formula is C28H27N5O3. The molecule has 1 aromatic heterocycles. The lowest BCUT2D eigenvalue weighted by molar-refractivity contribution is -0.117. The summed E-state index contributed by atoms with van der Waals surface area (Å²) in [4.78, 5) is 36.1. The Balaban J connectivity index is 1.49. The fourth-order valence-corrected chi connectivity index (χ4v) is 3.68. The highest BCUT2D eigenvalue weighted by Gasteiger charge is 2.18. The Morgan fingerprint density at radius 1 is 0.833 bits per heavy atom. The number of nitrogens with one attached hydrogen (secondary N) is 2. The fraction of sp³-hybridized carbons (Fsp3) is 0.143. The predicted octanol–water partition coefficient (Wildman–Crippen LogP) is 3.05. The van der Waals surface area contributed by atoms with Crippen LogP contribution >= 0.6 is 0 Å². The lowest BCUT2D eigenvalue weighted by atomic mass is 10.1. The first-order valence-electron chi connectivity index (χ1n) is 11.5.